The van der Waals surface area contributed by atoms with Crippen molar-refractivity contribution in [1.82, 2.24) is 19.8 Å². The second-order valence-corrected chi connectivity index (χ2v) is 12.0. The van der Waals surface area contributed by atoms with Crippen LogP contribution in [0, 0.1) is 0 Å². The third-order valence-electron chi connectivity index (χ3n) is 8.72. The van der Waals surface area contributed by atoms with E-state index in [-0.39, 0.29) is 11.8 Å². The summed E-state index contributed by atoms with van der Waals surface area (Å²) >= 11 is 5.92. The molecule has 5 rings (SSSR count). The zero-order valence-corrected chi connectivity index (χ0v) is 24.4. The van der Waals surface area contributed by atoms with Gasteiger partial charge in [-0.05, 0) is 74.9 Å². The van der Waals surface area contributed by atoms with E-state index in [9.17, 15) is 9.59 Å². The predicted octanol–water partition coefficient (Wildman–Crippen LogP) is 7.33. The summed E-state index contributed by atoms with van der Waals surface area (Å²) in [6, 6.07) is 15.9. The molecule has 1 heterocycles. The van der Waals surface area contributed by atoms with E-state index in [0.29, 0.717) is 35.8 Å². The number of hydrogen-bond donors (Lipinski definition) is 1. The van der Waals surface area contributed by atoms with Gasteiger partial charge in [-0.2, -0.15) is 0 Å². The molecule has 0 radical (unpaired) electrons. The Morgan fingerprint density at radius 3 is 2.17 bits per heavy atom. The van der Waals surface area contributed by atoms with Gasteiger partial charge in [-0.25, -0.2) is 4.98 Å². The van der Waals surface area contributed by atoms with E-state index in [1.165, 1.54) is 38.5 Å². The smallest absolute Gasteiger partial charge is 0.251 e. The Bertz CT molecular complexity index is 1240. The Morgan fingerprint density at radius 1 is 0.850 bits per heavy atom. The van der Waals surface area contributed by atoms with Crippen molar-refractivity contribution in [3.8, 4) is 0 Å². The summed E-state index contributed by atoms with van der Waals surface area (Å²) < 4.78 is 2.18. The molecule has 2 aliphatic rings. The molecular formula is C33H43ClN4O2. The van der Waals surface area contributed by atoms with E-state index in [1.54, 1.807) is 24.3 Å². The number of unbranched alkanes of at least 4 members (excludes halogenated alkanes) is 2. The lowest BCUT2D eigenvalue weighted by atomic mass is 9.88. The fourth-order valence-corrected chi connectivity index (χ4v) is 6.75. The summed E-state index contributed by atoms with van der Waals surface area (Å²) in [5.41, 5.74) is 2.63. The van der Waals surface area contributed by atoms with Crippen LogP contribution in [0.2, 0.25) is 5.02 Å². The minimum Gasteiger partial charge on any atom is -0.352 e. The van der Waals surface area contributed by atoms with Crippen LogP contribution in [0.15, 0.2) is 48.5 Å². The highest BCUT2D eigenvalue weighted by Gasteiger charge is 2.33. The van der Waals surface area contributed by atoms with Gasteiger partial charge in [0.15, 0.2) is 0 Å². The quantitative estimate of drug-likeness (QED) is 0.249. The molecule has 40 heavy (non-hydrogen) atoms. The van der Waals surface area contributed by atoms with Crippen molar-refractivity contribution in [3.05, 3.63) is 64.9 Å². The highest BCUT2D eigenvalue weighted by Crippen LogP contribution is 2.31. The van der Waals surface area contributed by atoms with Crippen LogP contribution >= 0.6 is 11.6 Å². The molecule has 0 spiro atoms. The Kier molecular flexibility index (Phi) is 10.1. The van der Waals surface area contributed by atoms with Gasteiger partial charge in [-0.15, -0.1) is 0 Å². The Balaban J connectivity index is 1.20. The first kappa shape index (κ1) is 28.7. The van der Waals surface area contributed by atoms with Crippen LogP contribution in [-0.4, -0.2) is 44.9 Å². The number of benzene rings is 2. The molecule has 1 N–H and O–H groups in total. The summed E-state index contributed by atoms with van der Waals surface area (Å²) in [5.74, 6) is 1.19. The largest absolute Gasteiger partial charge is 0.352 e. The molecule has 0 unspecified atom stereocenters. The molecule has 2 aromatic carbocycles. The topological polar surface area (TPSA) is 67.2 Å². The molecule has 2 amide bonds. The average Bonchev–Trinajstić information content (AvgIpc) is 3.33. The van der Waals surface area contributed by atoms with Crippen LogP contribution in [0.1, 0.15) is 99.7 Å². The van der Waals surface area contributed by atoms with Crippen molar-refractivity contribution in [3.63, 3.8) is 0 Å². The third-order valence-corrected chi connectivity index (χ3v) is 8.97. The maximum Gasteiger partial charge on any atom is 0.251 e. The number of imidazole rings is 1. The fraction of sp³-hybridized carbons (Fsp3) is 0.545. The maximum absolute atomic E-state index is 14.0. The van der Waals surface area contributed by atoms with E-state index in [4.69, 9.17) is 16.6 Å². The lowest BCUT2D eigenvalue weighted by Crippen LogP contribution is -2.50. The molecule has 2 saturated carbocycles. The van der Waals surface area contributed by atoms with Gasteiger partial charge in [0.25, 0.3) is 5.91 Å². The van der Waals surface area contributed by atoms with Crippen molar-refractivity contribution in [2.45, 2.75) is 109 Å². The summed E-state index contributed by atoms with van der Waals surface area (Å²) in [6.07, 6.45) is 15.8. The second-order valence-electron chi connectivity index (χ2n) is 11.6. The van der Waals surface area contributed by atoms with Gasteiger partial charge >= 0.3 is 0 Å². The lowest BCUT2D eigenvalue weighted by molar-refractivity contribution is -0.138. The molecule has 214 valence electrons. The normalized spacial score (nSPS) is 16.7. The number of rotatable bonds is 11. The number of carbonyl (C=O) groups is 2. The number of para-hydroxylation sites is 2. The summed E-state index contributed by atoms with van der Waals surface area (Å²) in [4.78, 5) is 33.7. The highest BCUT2D eigenvalue weighted by molar-refractivity contribution is 6.30. The molecule has 6 nitrogen and oxygen atoms in total. The van der Waals surface area contributed by atoms with E-state index >= 15 is 0 Å². The molecule has 0 aliphatic heterocycles. The van der Waals surface area contributed by atoms with Gasteiger partial charge < -0.3 is 14.8 Å². The minimum absolute atomic E-state index is 0.0718. The van der Waals surface area contributed by atoms with Crippen LogP contribution in [0.5, 0.6) is 0 Å². The van der Waals surface area contributed by atoms with E-state index < -0.39 is 0 Å². The molecule has 2 fully saturated rings. The van der Waals surface area contributed by atoms with Gasteiger partial charge in [-0.1, -0.05) is 68.7 Å². The monoisotopic (exact) mass is 562 g/mol. The number of hydrogen-bond acceptors (Lipinski definition) is 3. The van der Waals surface area contributed by atoms with Gasteiger partial charge in [0.1, 0.15) is 12.4 Å². The number of nitrogens with zero attached hydrogens (tertiary/aromatic N) is 3. The number of halogens is 1. The van der Waals surface area contributed by atoms with Crippen molar-refractivity contribution in [1.29, 1.82) is 0 Å². The first-order valence-electron chi connectivity index (χ1n) is 15.4. The zero-order chi connectivity index (χ0) is 27.7. The van der Waals surface area contributed by atoms with Crippen molar-refractivity contribution in [2.75, 3.05) is 6.54 Å². The van der Waals surface area contributed by atoms with Crippen LogP contribution in [0.25, 0.3) is 11.0 Å². The van der Waals surface area contributed by atoms with Crippen LogP contribution < -0.4 is 5.32 Å². The number of aromatic nitrogens is 2. The second kappa shape index (κ2) is 14.2. The van der Waals surface area contributed by atoms with Gasteiger partial charge in [0.05, 0.1) is 11.0 Å². The molecule has 0 saturated heterocycles. The maximum atomic E-state index is 14.0. The average molecular weight is 563 g/mol. The number of carbonyl (C=O) groups excluding carboxylic acids is 2. The van der Waals surface area contributed by atoms with Crippen LogP contribution in [0.3, 0.4) is 0 Å². The first-order chi connectivity index (χ1) is 19.6. The minimum atomic E-state index is -0.0718. The van der Waals surface area contributed by atoms with Crippen LogP contribution in [0.4, 0.5) is 0 Å². The van der Waals surface area contributed by atoms with Crippen molar-refractivity contribution in [2.24, 2.45) is 0 Å². The lowest BCUT2D eigenvalue weighted by Gasteiger charge is -2.42. The van der Waals surface area contributed by atoms with E-state index in [0.717, 1.165) is 68.2 Å². The molecule has 0 bridgehead atoms. The molecule has 3 aromatic rings. The number of fused-ring (bicyclic) bond motifs is 1. The first-order valence-corrected chi connectivity index (χ1v) is 15.8. The van der Waals surface area contributed by atoms with Crippen LogP contribution in [-0.2, 0) is 17.8 Å². The molecular weight excluding hydrogens is 520 g/mol. The molecule has 0 atom stereocenters. The summed E-state index contributed by atoms with van der Waals surface area (Å²) in [7, 11) is 0. The Hall–Kier alpha value is -2.86. The number of aryl methyl sites for hydroxylation is 1. The summed E-state index contributed by atoms with van der Waals surface area (Å²) in [6.45, 7) is 1.01. The Labute approximate surface area is 243 Å². The van der Waals surface area contributed by atoms with Crippen molar-refractivity contribution >= 4 is 34.4 Å². The molecule has 1 aromatic heterocycles. The predicted molar refractivity (Wildman–Crippen MR) is 162 cm³/mol. The fourth-order valence-electron chi connectivity index (χ4n) is 6.62. The highest BCUT2D eigenvalue weighted by atomic mass is 35.5. The molecule has 7 heteroatoms. The van der Waals surface area contributed by atoms with E-state index in [1.807, 2.05) is 18.2 Å². The molecule has 2 aliphatic carbocycles. The number of nitrogens with one attached hydrogen (secondary N) is 1. The van der Waals surface area contributed by atoms with E-state index in [2.05, 4.69) is 20.9 Å². The van der Waals surface area contributed by atoms with Gasteiger partial charge in [0.2, 0.25) is 5.91 Å². The number of amides is 2. The van der Waals surface area contributed by atoms with Crippen molar-refractivity contribution < 1.29 is 9.59 Å². The van der Waals surface area contributed by atoms with Gasteiger partial charge in [0, 0.05) is 35.6 Å². The SMILES string of the molecule is O=C(NCCCCCc1nc2ccccc2n1CC(=O)N(C1CCCCC1)C1CCCCC1)c1ccc(Cl)cc1. The third kappa shape index (κ3) is 7.25. The standard InChI is InChI=1S/C33H43ClN4O2/c34-26-21-19-25(20-22-26)33(40)35-23-11-3-8-18-31-36-29-16-9-10-17-30(29)37(31)24-32(39)38(27-12-4-1-5-13-27)28-14-6-2-7-15-28/h9-10,16-17,19-22,27-28H,1-8,11-15,18,23-24H2,(H,35,40). The zero-order valence-electron chi connectivity index (χ0n) is 23.6. The Morgan fingerprint density at radius 2 is 1.50 bits per heavy atom. The summed E-state index contributed by atoms with van der Waals surface area (Å²) in [5, 5.41) is 3.62. The van der Waals surface area contributed by atoms with Gasteiger partial charge in [-0.3, -0.25) is 9.59 Å².